The van der Waals surface area contributed by atoms with Crippen molar-refractivity contribution in [1.82, 2.24) is 10.3 Å². The molecule has 0 unspecified atom stereocenters. The molecule has 1 amide bonds. The van der Waals surface area contributed by atoms with E-state index >= 15 is 0 Å². The number of anilines is 1. The van der Waals surface area contributed by atoms with Gasteiger partial charge in [0.15, 0.2) is 0 Å². The number of fused-ring (bicyclic) bond motifs is 1. The number of unbranched alkanes of at least 4 members (excludes halogenated alkanes) is 1. The van der Waals surface area contributed by atoms with Crippen LogP contribution >= 0.6 is 0 Å². The normalized spacial score (nSPS) is 11.5. The zero-order chi connectivity index (χ0) is 21.6. The Hall–Kier alpha value is -2.80. The lowest BCUT2D eigenvalue weighted by Crippen LogP contribution is -2.25. The Bertz CT molecular complexity index is 1110. The van der Waals surface area contributed by atoms with Crippen LogP contribution in [0.15, 0.2) is 48.5 Å². The van der Waals surface area contributed by atoms with Crippen molar-refractivity contribution in [3.05, 3.63) is 65.4 Å². The first-order valence-corrected chi connectivity index (χ1v) is 12.0. The van der Waals surface area contributed by atoms with Crippen molar-refractivity contribution in [1.29, 1.82) is 0 Å². The molecule has 0 radical (unpaired) electrons. The zero-order valence-electron chi connectivity index (χ0n) is 17.5. The van der Waals surface area contributed by atoms with Gasteiger partial charge in [-0.2, -0.15) is 0 Å². The van der Waals surface area contributed by atoms with Crippen LogP contribution in [0.3, 0.4) is 0 Å². The Kier molecular flexibility index (Phi) is 7.15. The minimum absolute atomic E-state index is 0.101. The highest BCUT2D eigenvalue weighted by molar-refractivity contribution is 7.92. The molecular formula is C23H29N3O3S. The minimum Gasteiger partial charge on any atom is -0.351 e. The molecule has 0 fully saturated rings. The second-order valence-electron chi connectivity index (χ2n) is 7.50. The van der Waals surface area contributed by atoms with E-state index in [1.54, 1.807) is 18.2 Å². The second kappa shape index (κ2) is 9.80. The molecule has 0 aliphatic carbocycles. The number of aromatic amines is 1. The first-order valence-electron chi connectivity index (χ1n) is 10.3. The third kappa shape index (κ3) is 5.63. The molecule has 0 saturated carbocycles. The van der Waals surface area contributed by atoms with Gasteiger partial charge in [-0.15, -0.1) is 0 Å². The number of H-pyrrole nitrogens is 1. The first kappa shape index (κ1) is 21.9. The molecule has 160 valence electrons. The van der Waals surface area contributed by atoms with E-state index in [9.17, 15) is 13.2 Å². The molecule has 0 aliphatic rings. The number of hydrogen-bond acceptors (Lipinski definition) is 3. The summed E-state index contributed by atoms with van der Waals surface area (Å²) in [7, 11) is -3.37. The van der Waals surface area contributed by atoms with Gasteiger partial charge in [0.1, 0.15) is 5.69 Å². The largest absolute Gasteiger partial charge is 0.351 e. The SMILES string of the molecule is CCCCS(=O)(=O)Nc1ccc2[nH]c(C(=O)NCCCc3ccccc3)c(C)c2c1. The van der Waals surface area contributed by atoms with E-state index in [0.29, 0.717) is 24.3 Å². The third-order valence-electron chi connectivity index (χ3n) is 5.10. The fourth-order valence-corrected chi connectivity index (χ4v) is 4.67. The maximum absolute atomic E-state index is 12.6. The van der Waals surface area contributed by atoms with Crippen LogP contribution in [0.4, 0.5) is 5.69 Å². The number of aromatic nitrogens is 1. The maximum Gasteiger partial charge on any atom is 0.268 e. The predicted octanol–water partition coefficient (Wildman–Crippen LogP) is 4.38. The summed E-state index contributed by atoms with van der Waals surface area (Å²) < 4.78 is 26.9. The number of aryl methyl sites for hydroxylation is 2. The van der Waals surface area contributed by atoms with E-state index in [1.165, 1.54) is 5.56 Å². The third-order valence-corrected chi connectivity index (χ3v) is 6.47. The van der Waals surface area contributed by atoms with Gasteiger partial charge in [0.05, 0.1) is 5.75 Å². The number of amides is 1. The lowest BCUT2D eigenvalue weighted by molar-refractivity contribution is 0.0948. The maximum atomic E-state index is 12.6. The first-order chi connectivity index (χ1) is 14.4. The predicted molar refractivity (Wildman–Crippen MR) is 122 cm³/mol. The lowest BCUT2D eigenvalue weighted by atomic mass is 10.1. The van der Waals surface area contributed by atoms with Gasteiger partial charge in [-0.05, 0) is 55.5 Å². The molecule has 0 atom stereocenters. The van der Waals surface area contributed by atoms with Crippen molar-refractivity contribution >= 4 is 32.5 Å². The molecule has 0 aliphatic heterocycles. The van der Waals surface area contributed by atoms with Crippen LogP contribution in [0, 0.1) is 6.92 Å². The average molecular weight is 428 g/mol. The number of sulfonamides is 1. The molecule has 3 aromatic rings. The van der Waals surface area contributed by atoms with Crippen LogP contribution in [-0.4, -0.2) is 31.6 Å². The van der Waals surface area contributed by atoms with Crippen LogP contribution in [0.25, 0.3) is 10.9 Å². The molecule has 1 heterocycles. The second-order valence-corrected chi connectivity index (χ2v) is 9.35. The lowest BCUT2D eigenvalue weighted by Gasteiger charge is -2.07. The summed E-state index contributed by atoms with van der Waals surface area (Å²) in [6.45, 7) is 4.41. The van der Waals surface area contributed by atoms with Gasteiger partial charge in [0.2, 0.25) is 10.0 Å². The molecule has 7 heteroatoms. The number of rotatable bonds is 10. The monoisotopic (exact) mass is 427 g/mol. The van der Waals surface area contributed by atoms with E-state index in [1.807, 2.05) is 32.0 Å². The summed E-state index contributed by atoms with van der Waals surface area (Å²) in [6, 6.07) is 15.5. The summed E-state index contributed by atoms with van der Waals surface area (Å²) in [5.74, 6) is -0.0496. The molecule has 1 aromatic heterocycles. The van der Waals surface area contributed by atoms with Gasteiger partial charge in [-0.3, -0.25) is 9.52 Å². The highest BCUT2D eigenvalue weighted by atomic mass is 32.2. The van der Waals surface area contributed by atoms with E-state index in [2.05, 4.69) is 27.2 Å². The Morgan fingerprint density at radius 3 is 2.57 bits per heavy atom. The highest BCUT2D eigenvalue weighted by Crippen LogP contribution is 2.25. The van der Waals surface area contributed by atoms with Crippen molar-refractivity contribution in [3.8, 4) is 0 Å². The van der Waals surface area contributed by atoms with Crippen molar-refractivity contribution in [3.63, 3.8) is 0 Å². The topological polar surface area (TPSA) is 91.1 Å². The number of nitrogens with one attached hydrogen (secondary N) is 3. The fourth-order valence-electron chi connectivity index (χ4n) is 3.41. The van der Waals surface area contributed by atoms with Gasteiger partial charge < -0.3 is 10.3 Å². The summed E-state index contributed by atoms with van der Waals surface area (Å²) >= 11 is 0. The number of carbonyl (C=O) groups excluding carboxylic acids is 1. The average Bonchev–Trinajstić information content (AvgIpc) is 3.06. The van der Waals surface area contributed by atoms with E-state index in [4.69, 9.17) is 0 Å². The van der Waals surface area contributed by atoms with Crippen molar-refractivity contribution in [2.75, 3.05) is 17.0 Å². The molecule has 0 spiro atoms. The summed E-state index contributed by atoms with van der Waals surface area (Å²) in [4.78, 5) is 15.8. The minimum atomic E-state index is -3.37. The van der Waals surface area contributed by atoms with Crippen molar-refractivity contribution in [2.45, 2.75) is 39.5 Å². The van der Waals surface area contributed by atoms with Crippen LogP contribution in [0.5, 0.6) is 0 Å². The summed E-state index contributed by atoms with van der Waals surface area (Å²) in [6.07, 6.45) is 3.21. The van der Waals surface area contributed by atoms with Crippen molar-refractivity contribution in [2.24, 2.45) is 0 Å². The van der Waals surface area contributed by atoms with Crippen LogP contribution < -0.4 is 10.0 Å². The summed E-state index contributed by atoms with van der Waals surface area (Å²) in [5.41, 5.74) is 3.88. The zero-order valence-corrected chi connectivity index (χ0v) is 18.3. The Labute approximate surface area is 178 Å². The number of carbonyl (C=O) groups is 1. The molecule has 3 rings (SSSR count). The molecule has 0 bridgehead atoms. The van der Waals surface area contributed by atoms with Crippen LogP contribution in [0.2, 0.25) is 0 Å². The van der Waals surface area contributed by atoms with E-state index < -0.39 is 10.0 Å². The molecule has 30 heavy (non-hydrogen) atoms. The fraction of sp³-hybridized carbons (Fsp3) is 0.348. The van der Waals surface area contributed by atoms with Gasteiger partial charge in [-0.25, -0.2) is 8.42 Å². The smallest absolute Gasteiger partial charge is 0.268 e. The van der Waals surface area contributed by atoms with E-state index in [0.717, 1.165) is 35.7 Å². The van der Waals surface area contributed by atoms with Gasteiger partial charge in [0, 0.05) is 23.1 Å². The molecule has 0 saturated heterocycles. The van der Waals surface area contributed by atoms with E-state index in [-0.39, 0.29) is 11.7 Å². The van der Waals surface area contributed by atoms with Gasteiger partial charge >= 0.3 is 0 Å². The molecule has 3 N–H and O–H groups in total. The quantitative estimate of drug-likeness (QED) is 0.419. The highest BCUT2D eigenvalue weighted by Gasteiger charge is 2.16. The number of hydrogen-bond donors (Lipinski definition) is 3. The number of benzene rings is 2. The Morgan fingerprint density at radius 2 is 1.83 bits per heavy atom. The Balaban J connectivity index is 1.65. The van der Waals surface area contributed by atoms with Crippen LogP contribution in [0.1, 0.15) is 47.8 Å². The molecular weight excluding hydrogens is 398 g/mol. The van der Waals surface area contributed by atoms with Crippen molar-refractivity contribution < 1.29 is 13.2 Å². The molecule has 2 aromatic carbocycles. The standard InChI is InChI=1S/C23H29N3O3S/c1-3-4-15-30(28,29)26-19-12-13-21-20(16-19)17(2)22(25-21)23(27)24-14-8-11-18-9-6-5-7-10-18/h5-7,9-10,12-13,16,25-26H,3-4,8,11,14-15H2,1-2H3,(H,24,27). The Morgan fingerprint density at radius 1 is 1.07 bits per heavy atom. The summed E-state index contributed by atoms with van der Waals surface area (Å²) in [5, 5.41) is 3.80. The van der Waals surface area contributed by atoms with Gasteiger partial charge in [-0.1, -0.05) is 43.7 Å². The van der Waals surface area contributed by atoms with Crippen LogP contribution in [-0.2, 0) is 16.4 Å². The van der Waals surface area contributed by atoms with Gasteiger partial charge in [0.25, 0.3) is 5.91 Å². The molecule has 6 nitrogen and oxygen atoms in total.